The second kappa shape index (κ2) is 5.76. The highest BCUT2D eigenvalue weighted by Gasteiger charge is 2.09. The Labute approximate surface area is 120 Å². The molecule has 96 valence electrons. The van der Waals surface area contributed by atoms with Crippen LogP contribution in [0.25, 0.3) is 0 Å². The standard InChI is InChI=1S/C13H15BrClN3/c1-17(8-10-7-16-18(2)9-10)13-5-12(15)4-3-11(13)6-14/h3-5,7,9H,6,8H2,1-2H3. The molecule has 0 aliphatic rings. The molecule has 3 nitrogen and oxygen atoms in total. The van der Waals surface area contributed by atoms with Crippen LogP contribution in [-0.4, -0.2) is 16.8 Å². The fourth-order valence-corrected chi connectivity index (χ4v) is 2.56. The van der Waals surface area contributed by atoms with Gasteiger partial charge in [0.05, 0.1) is 6.20 Å². The Morgan fingerprint density at radius 1 is 1.44 bits per heavy atom. The molecule has 0 aliphatic heterocycles. The minimum absolute atomic E-state index is 0.757. The lowest BCUT2D eigenvalue weighted by Crippen LogP contribution is -2.17. The molecular formula is C13H15BrClN3. The highest BCUT2D eigenvalue weighted by molar-refractivity contribution is 9.08. The van der Waals surface area contributed by atoms with Crippen LogP contribution >= 0.6 is 27.5 Å². The highest BCUT2D eigenvalue weighted by Crippen LogP contribution is 2.26. The lowest BCUT2D eigenvalue weighted by atomic mass is 10.2. The van der Waals surface area contributed by atoms with Crippen molar-refractivity contribution in [3.8, 4) is 0 Å². The van der Waals surface area contributed by atoms with Crippen LogP contribution in [0.3, 0.4) is 0 Å². The van der Waals surface area contributed by atoms with Gasteiger partial charge in [0.1, 0.15) is 0 Å². The van der Waals surface area contributed by atoms with E-state index < -0.39 is 0 Å². The van der Waals surface area contributed by atoms with Crippen molar-refractivity contribution in [1.29, 1.82) is 0 Å². The monoisotopic (exact) mass is 327 g/mol. The summed E-state index contributed by atoms with van der Waals surface area (Å²) in [6, 6.07) is 5.96. The quantitative estimate of drug-likeness (QED) is 0.800. The zero-order valence-electron chi connectivity index (χ0n) is 10.4. The Morgan fingerprint density at radius 3 is 2.83 bits per heavy atom. The van der Waals surface area contributed by atoms with E-state index in [2.05, 4.69) is 33.0 Å². The number of benzene rings is 1. The maximum Gasteiger partial charge on any atom is 0.0539 e. The van der Waals surface area contributed by atoms with Gasteiger partial charge in [0.25, 0.3) is 0 Å². The fourth-order valence-electron chi connectivity index (χ4n) is 1.92. The van der Waals surface area contributed by atoms with Gasteiger partial charge < -0.3 is 4.90 Å². The Morgan fingerprint density at radius 2 is 2.22 bits per heavy atom. The summed E-state index contributed by atoms with van der Waals surface area (Å²) in [6.07, 6.45) is 3.91. The third kappa shape index (κ3) is 3.06. The van der Waals surface area contributed by atoms with Crippen LogP contribution in [0.15, 0.2) is 30.6 Å². The molecule has 0 N–H and O–H groups in total. The van der Waals surface area contributed by atoms with E-state index in [0.717, 1.165) is 22.6 Å². The number of aromatic nitrogens is 2. The Hall–Kier alpha value is -1.000. The Balaban J connectivity index is 2.22. The van der Waals surface area contributed by atoms with Crippen molar-refractivity contribution in [2.75, 3.05) is 11.9 Å². The van der Waals surface area contributed by atoms with Crippen molar-refractivity contribution in [2.45, 2.75) is 11.9 Å². The van der Waals surface area contributed by atoms with Gasteiger partial charge in [-0.1, -0.05) is 33.6 Å². The molecule has 0 aliphatic carbocycles. The van der Waals surface area contributed by atoms with Crippen molar-refractivity contribution in [1.82, 2.24) is 9.78 Å². The van der Waals surface area contributed by atoms with Crippen molar-refractivity contribution in [2.24, 2.45) is 7.05 Å². The molecule has 18 heavy (non-hydrogen) atoms. The summed E-state index contributed by atoms with van der Waals surface area (Å²) >= 11 is 9.57. The predicted molar refractivity (Wildman–Crippen MR) is 79.4 cm³/mol. The lowest BCUT2D eigenvalue weighted by molar-refractivity contribution is 0.766. The van der Waals surface area contributed by atoms with E-state index in [-0.39, 0.29) is 0 Å². The molecule has 0 atom stereocenters. The molecule has 5 heteroatoms. The van der Waals surface area contributed by atoms with E-state index in [0.29, 0.717) is 0 Å². The number of anilines is 1. The molecule has 0 saturated carbocycles. The van der Waals surface area contributed by atoms with Crippen LogP contribution in [0.5, 0.6) is 0 Å². The summed E-state index contributed by atoms with van der Waals surface area (Å²) in [5, 5.41) is 5.75. The minimum atomic E-state index is 0.757. The van der Waals surface area contributed by atoms with E-state index in [9.17, 15) is 0 Å². The maximum atomic E-state index is 6.07. The first-order valence-corrected chi connectivity index (χ1v) is 7.13. The normalized spacial score (nSPS) is 10.7. The number of nitrogens with zero attached hydrogens (tertiary/aromatic N) is 3. The summed E-state index contributed by atoms with van der Waals surface area (Å²) in [5.74, 6) is 0. The van der Waals surface area contributed by atoms with E-state index in [1.165, 1.54) is 11.1 Å². The van der Waals surface area contributed by atoms with E-state index >= 15 is 0 Å². The average molecular weight is 329 g/mol. The third-order valence-corrected chi connectivity index (χ3v) is 3.62. The fraction of sp³-hybridized carbons (Fsp3) is 0.308. The molecule has 2 rings (SSSR count). The van der Waals surface area contributed by atoms with Crippen LogP contribution < -0.4 is 4.90 Å². The van der Waals surface area contributed by atoms with Crippen LogP contribution in [0.4, 0.5) is 5.69 Å². The molecule has 0 radical (unpaired) electrons. The number of hydrogen-bond donors (Lipinski definition) is 0. The first kappa shape index (κ1) is 13.4. The molecule has 0 spiro atoms. The van der Waals surface area contributed by atoms with Gasteiger partial charge in [0, 0.05) is 48.4 Å². The first-order chi connectivity index (χ1) is 8.60. The summed E-state index contributed by atoms with van der Waals surface area (Å²) in [6.45, 7) is 0.814. The molecule has 0 fully saturated rings. The van der Waals surface area contributed by atoms with Gasteiger partial charge >= 0.3 is 0 Å². The third-order valence-electron chi connectivity index (χ3n) is 2.78. The first-order valence-electron chi connectivity index (χ1n) is 5.63. The largest absolute Gasteiger partial charge is 0.370 e. The zero-order chi connectivity index (χ0) is 13.1. The molecule has 1 heterocycles. The number of aryl methyl sites for hydroxylation is 1. The number of rotatable bonds is 4. The molecule has 1 aromatic heterocycles. The molecule has 2 aromatic rings. The van der Waals surface area contributed by atoms with Gasteiger partial charge in [-0.25, -0.2) is 0 Å². The molecular weight excluding hydrogens is 314 g/mol. The van der Waals surface area contributed by atoms with Gasteiger partial charge in [-0.15, -0.1) is 0 Å². The van der Waals surface area contributed by atoms with Crippen LogP contribution in [0.1, 0.15) is 11.1 Å². The average Bonchev–Trinajstić information content (AvgIpc) is 2.74. The maximum absolute atomic E-state index is 6.07. The topological polar surface area (TPSA) is 21.1 Å². The van der Waals surface area contributed by atoms with Crippen molar-refractivity contribution in [3.63, 3.8) is 0 Å². The SMILES string of the molecule is CN(Cc1cnn(C)c1)c1cc(Cl)ccc1CBr. The van der Waals surface area contributed by atoms with Crippen LogP contribution in [0, 0.1) is 0 Å². The summed E-state index contributed by atoms with van der Waals surface area (Å²) in [4.78, 5) is 2.18. The van der Waals surface area contributed by atoms with Gasteiger partial charge in [-0.05, 0) is 17.7 Å². The van der Waals surface area contributed by atoms with Gasteiger partial charge in [0.15, 0.2) is 0 Å². The zero-order valence-corrected chi connectivity index (χ0v) is 12.7. The van der Waals surface area contributed by atoms with E-state index in [1.54, 1.807) is 0 Å². The minimum Gasteiger partial charge on any atom is -0.370 e. The van der Waals surface area contributed by atoms with Crippen molar-refractivity contribution < 1.29 is 0 Å². The van der Waals surface area contributed by atoms with Gasteiger partial charge in [-0.2, -0.15) is 5.10 Å². The number of halogens is 2. The Bertz CT molecular complexity index is 539. The molecule has 1 aromatic carbocycles. The van der Waals surface area contributed by atoms with Crippen LogP contribution in [-0.2, 0) is 18.9 Å². The second-order valence-corrected chi connectivity index (χ2v) is 5.28. The van der Waals surface area contributed by atoms with E-state index in [4.69, 9.17) is 11.6 Å². The molecule has 0 amide bonds. The number of hydrogen-bond acceptors (Lipinski definition) is 2. The predicted octanol–water partition coefficient (Wildman–Crippen LogP) is 3.60. The number of alkyl halides is 1. The molecule has 0 bridgehead atoms. The van der Waals surface area contributed by atoms with E-state index in [1.807, 2.05) is 42.3 Å². The lowest BCUT2D eigenvalue weighted by Gasteiger charge is -2.21. The van der Waals surface area contributed by atoms with Gasteiger partial charge in [0.2, 0.25) is 0 Å². The van der Waals surface area contributed by atoms with Gasteiger partial charge in [-0.3, -0.25) is 4.68 Å². The molecule has 0 saturated heterocycles. The Kier molecular flexibility index (Phi) is 4.30. The van der Waals surface area contributed by atoms with Crippen molar-refractivity contribution in [3.05, 3.63) is 46.7 Å². The highest BCUT2D eigenvalue weighted by atomic mass is 79.9. The summed E-state index contributed by atoms with van der Waals surface area (Å²) in [7, 11) is 3.98. The summed E-state index contributed by atoms with van der Waals surface area (Å²) in [5.41, 5.74) is 3.55. The van der Waals surface area contributed by atoms with Crippen molar-refractivity contribution >= 4 is 33.2 Å². The smallest absolute Gasteiger partial charge is 0.0539 e. The van der Waals surface area contributed by atoms with Crippen LogP contribution in [0.2, 0.25) is 5.02 Å². The second-order valence-electron chi connectivity index (χ2n) is 4.28. The summed E-state index contributed by atoms with van der Waals surface area (Å²) < 4.78 is 1.81. The molecule has 0 unspecified atom stereocenters.